The highest BCUT2D eigenvalue weighted by Gasteiger charge is 2.33. The Kier molecular flexibility index (Phi) is 4.08. The van der Waals surface area contributed by atoms with Crippen LogP contribution in [0.4, 0.5) is 0 Å². The van der Waals surface area contributed by atoms with E-state index in [1.807, 2.05) is 19.3 Å². The number of hydrogen-bond acceptors (Lipinski definition) is 5. The fraction of sp³-hybridized carbons (Fsp3) is 0.533. The molecule has 106 valence electrons. The monoisotopic (exact) mass is 288 g/mol. The Hall–Kier alpha value is -1.33. The van der Waals surface area contributed by atoms with Crippen molar-refractivity contribution >= 4 is 11.5 Å². The molecule has 2 atom stereocenters. The van der Waals surface area contributed by atoms with E-state index >= 15 is 0 Å². The van der Waals surface area contributed by atoms with Crippen LogP contribution in [0.3, 0.4) is 0 Å². The van der Waals surface area contributed by atoms with Gasteiger partial charge in [-0.25, -0.2) is 0 Å². The highest BCUT2D eigenvalue weighted by atomic mass is 32.1. The minimum Gasteiger partial charge on any atom is -0.312 e. The largest absolute Gasteiger partial charge is 0.312 e. The van der Waals surface area contributed by atoms with Crippen LogP contribution in [0, 0.1) is 0 Å². The molecule has 1 N–H and O–H groups in total. The molecule has 0 fully saturated rings. The predicted molar refractivity (Wildman–Crippen MR) is 81.0 cm³/mol. The van der Waals surface area contributed by atoms with E-state index < -0.39 is 0 Å². The second kappa shape index (κ2) is 5.97. The maximum atomic E-state index is 4.62. The lowest BCUT2D eigenvalue weighted by Gasteiger charge is -2.22. The zero-order valence-electron chi connectivity index (χ0n) is 12.0. The van der Waals surface area contributed by atoms with E-state index in [9.17, 15) is 0 Å². The summed E-state index contributed by atoms with van der Waals surface area (Å²) in [5.41, 5.74) is 3.80. The minimum absolute atomic E-state index is 0.285. The lowest BCUT2D eigenvalue weighted by atomic mass is 9.94. The van der Waals surface area contributed by atoms with Crippen LogP contribution in [0.25, 0.3) is 0 Å². The van der Waals surface area contributed by atoms with Gasteiger partial charge in [-0.15, -0.1) is 5.10 Å². The molecule has 0 aliphatic heterocycles. The first-order chi connectivity index (χ1) is 9.85. The van der Waals surface area contributed by atoms with Crippen LogP contribution in [-0.4, -0.2) is 21.6 Å². The maximum absolute atomic E-state index is 4.62. The predicted octanol–water partition coefficient (Wildman–Crippen LogP) is 2.88. The molecule has 2 aromatic rings. The summed E-state index contributed by atoms with van der Waals surface area (Å²) in [6.45, 7) is 2.18. The van der Waals surface area contributed by atoms with Gasteiger partial charge in [-0.05, 0) is 49.5 Å². The van der Waals surface area contributed by atoms with E-state index in [0.717, 1.165) is 31.4 Å². The molecule has 2 aromatic heterocycles. The lowest BCUT2D eigenvalue weighted by Crippen LogP contribution is -2.23. The molecular weight excluding hydrogens is 268 g/mol. The Morgan fingerprint density at radius 2 is 2.40 bits per heavy atom. The van der Waals surface area contributed by atoms with Gasteiger partial charge in [-0.1, -0.05) is 23.9 Å². The number of fused-ring (bicyclic) bond motifs is 1. The summed E-state index contributed by atoms with van der Waals surface area (Å²) in [7, 11) is 2.03. The minimum atomic E-state index is 0.285. The third-order valence-electron chi connectivity index (χ3n) is 4.07. The fourth-order valence-electron chi connectivity index (χ4n) is 3.15. The number of rotatable bonds is 5. The Labute approximate surface area is 123 Å². The number of nitrogens with zero attached hydrogens (tertiary/aromatic N) is 3. The zero-order chi connectivity index (χ0) is 13.9. The van der Waals surface area contributed by atoms with Gasteiger partial charge >= 0.3 is 0 Å². The molecule has 4 nitrogen and oxygen atoms in total. The van der Waals surface area contributed by atoms with Crippen LogP contribution < -0.4 is 5.32 Å². The molecular formula is C15H20N4S. The van der Waals surface area contributed by atoms with E-state index in [4.69, 9.17) is 0 Å². The van der Waals surface area contributed by atoms with Crippen LogP contribution in [0.1, 0.15) is 53.6 Å². The van der Waals surface area contributed by atoms with Gasteiger partial charge in [0.1, 0.15) is 0 Å². The van der Waals surface area contributed by atoms with E-state index in [0.29, 0.717) is 5.92 Å². The summed E-state index contributed by atoms with van der Waals surface area (Å²) in [4.78, 5) is 5.91. The van der Waals surface area contributed by atoms with Crippen molar-refractivity contribution in [1.29, 1.82) is 0 Å². The van der Waals surface area contributed by atoms with Gasteiger partial charge < -0.3 is 5.32 Å². The van der Waals surface area contributed by atoms with Crippen molar-refractivity contribution in [2.24, 2.45) is 0 Å². The summed E-state index contributed by atoms with van der Waals surface area (Å²) in [5.74, 6) is 0.439. The number of pyridine rings is 1. The van der Waals surface area contributed by atoms with Crippen molar-refractivity contribution in [3.8, 4) is 0 Å². The van der Waals surface area contributed by atoms with Crippen molar-refractivity contribution in [1.82, 2.24) is 19.9 Å². The average Bonchev–Trinajstić information content (AvgIpc) is 3.09. The Morgan fingerprint density at radius 3 is 3.20 bits per heavy atom. The van der Waals surface area contributed by atoms with Gasteiger partial charge in [-0.2, -0.15) is 0 Å². The molecule has 0 saturated heterocycles. The molecule has 1 aliphatic carbocycles. The standard InChI is InChI=1S/C15H20N4S/c1-3-5-12-15(20-19-18-12)14(16-2)11-8-7-10-6-4-9-17-13(10)11/h4,6,9,11,14,16H,3,5,7-8H2,1-2H3. The molecule has 2 heterocycles. The van der Waals surface area contributed by atoms with E-state index in [1.54, 1.807) is 0 Å². The van der Waals surface area contributed by atoms with Crippen molar-refractivity contribution < 1.29 is 0 Å². The Morgan fingerprint density at radius 1 is 1.50 bits per heavy atom. The molecule has 0 aromatic carbocycles. The fourth-order valence-corrected chi connectivity index (χ4v) is 4.02. The second-order valence-corrected chi connectivity index (χ2v) is 6.08. The molecule has 0 radical (unpaired) electrons. The molecule has 0 amide bonds. The zero-order valence-corrected chi connectivity index (χ0v) is 12.8. The topological polar surface area (TPSA) is 50.7 Å². The molecule has 3 rings (SSSR count). The molecule has 2 unspecified atom stereocenters. The summed E-state index contributed by atoms with van der Waals surface area (Å²) in [6, 6.07) is 4.52. The number of aromatic nitrogens is 3. The Balaban J connectivity index is 1.93. The van der Waals surface area contributed by atoms with Gasteiger partial charge in [-0.3, -0.25) is 4.98 Å². The van der Waals surface area contributed by atoms with Crippen molar-refractivity contribution in [2.45, 2.75) is 44.6 Å². The van der Waals surface area contributed by atoms with E-state index in [2.05, 4.69) is 32.9 Å². The summed E-state index contributed by atoms with van der Waals surface area (Å²) in [5, 5.41) is 7.79. The maximum Gasteiger partial charge on any atom is 0.0803 e. The Bertz CT molecular complexity index is 581. The van der Waals surface area contributed by atoms with Crippen molar-refractivity contribution in [2.75, 3.05) is 7.05 Å². The van der Waals surface area contributed by atoms with Crippen LogP contribution in [0.2, 0.25) is 0 Å². The summed E-state index contributed by atoms with van der Waals surface area (Å²) >= 11 is 1.53. The highest BCUT2D eigenvalue weighted by Crippen LogP contribution is 2.41. The van der Waals surface area contributed by atoms with Gasteiger partial charge in [0.05, 0.1) is 16.6 Å². The molecule has 1 aliphatic rings. The molecule has 5 heteroatoms. The lowest BCUT2D eigenvalue weighted by molar-refractivity contribution is 0.472. The van der Waals surface area contributed by atoms with E-state index in [-0.39, 0.29) is 6.04 Å². The second-order valence-electron chi connectivity index (χ2n) is 5.29. The number of nitrogens with one attached hydrogen (secondary N) is 1. The number of likely N-dealkylation sites (N-methyl/N-ethyl adjacent to an activating group) is 1. The molecule has 0 bridgehead atoms. The first-order valence-corrected chi connectivity index (χ1v) is 8.04. The quantitative estimate of drug-likeness (QED) is 0.919. The smallest absolute Gasteiger partial charge is 0.0803 e. The first kappa shape index (κ1) is 13.6. The van der Waals surface area contributed by atoms with Crippen LogP contribution >= 0.6 is 11.5 Å². The average molecular weight is 288 g/mol. The normalized spacial score (nSPS) is 19.0. The van der Waals surface area contributed by atoms with Gasteiger partial charge in [0.15, 0.2) is 0 Å². The summed E-state index contributed by atoms with van der Waals surface area (Å²) in [6.07, 6.45) is 6.30. The van der Waals surface area contributed by atoms with Crippen LogP contribution in [-0.2, 0) is 12.8 Å². The summed E-state index contributed by atoms with van der Waals surface area (Å²) < 4.78 is 4.17. The molecule has 0 saturated carbocycles. The van der Waals surface area contributed by atoms with Crippen molar-refractivity contribution in [3.05, 3.63) is 40.2 Å². The third kappa shape index (κ3) is 2.36. The van der Waals surface area contributed by atoms with E-state index in [1.165, 1.54) is 27.7 Å². The van der Waals surface area contributed by atoms with Crippen LogP contribution in [0.15, 0.2) is 18.3 Å². The van der Waals surface area contributed by atoms with Crippen LogP contribution in [0.5, 0.6) is 0 Å². The molecule has 0 spiro atoms. The van der Waals surface area contributed by atoms with Gasteiger partial charge in [0.25, 0.3) is 0 Å². The van der Waals surface area contributed by atoms with Crippen molar-refractivity contribution in [3.63, 3.8) is 0 Å². The molecule has 20 heavy (non-hydrogen) atoms. The van der Waals surface area contributed by atoms with Gasteiger partial charge in [0, 0.05) is 17.8 Å². The SMILES string of the molecule is CCCc1nnsc1C(NC)C1CCc2cccnc21. The first-order valence-electron chi connectivity index (χ1n) is 7.27. The number of hydrogen-bond donors (Lipinski definition) is 1. The number of aryl methyl sites for hydroxylation is 2. The highest BCUT2D eigenvalue weighted by molar-refractivity contribution is 7.05. The van der Waals surface area contributed by atoms with Gasteiger partial charge in [0.2, 0.25) is 0 Å². The third-order valence-corrected chi connectivity index (χ3v) is 4.92.